The molecular weight excluding hydrogens is 426 g/mol. The summed E-state index contributed by atoms with van der Waals surface area (Å²) in [5.74, 6) is -0.256. The van der Waals surface area contributed by atoms with E-state index in [-0.39, 0.29) is 11.9 Å². The first-order valence-electron chi connectivity index (χ1n) is 11.9. The molecule has 6 nitrogen and oxygen atoms in total. The Morgan fingerprint density at radius 3 is 2.24 bits per heavy atom. The molecule has 0 atom stereocenters. The van der Waals surface area contributed by atoms with Crippen molar-refractivity contribution >= 4 is 17.6 Å². The minimum Gasteiger partial charge on any atom is -0.462 e. The number of aromatic nitrogens is 1. The Balaban J connectivity index is 1.45. The van der Waals surface area contributed by atoms with Crippen molar-refractivity contribution in [1.29, 1.82) is 0 Å². The second kappa shape index (κ2) is 9.75. The lowest BCUT2D eigenvalue weighted by atomic mass is 10.1. The van der Waals surface area contributed by atoms with E-state index in [1.807, 2.05) is 53.6 Å². The first-order valence-corrected chi connectivity index (χ1v) is 11.9. The fourth-order valence-electron chi connectivity index (χ4n) is 4.74. The van der Waals surface area contributed by atoms with Crippen LogP contribution in [0, 0.1) is 27.7 Å². The number of carbonyl (C=O) groups is 2. The molecule has 34 heavy (non-hydrogen) atoms. The number of nitrogens with zero attached hydrogens (tertiary/aromatic N) is 3. The third-order valence-corrected chi connectivity index (χ3v) is 6.78. The first-order chi connectivity index (χ1) is 16.3. The summed E-state index contributed by atoms with van der Waals surface area (Å²) >= 11 is 0. The van der Waals surface area contributed by atoms with Gasteiger partial charge >= 0.3 is 5.97 Å². The van der Waals surface area contributed by atoms with Gasteiger partial charge in [0.05, 0.1) is 12.2 Å². The Kier molecular flexibility index (Phi) is 6.77. The molecule has 0 N–H and O–H groups in total. The number of aryl methyl sites for hydroxylation is 2. The molecule has 4 rings (SSSR count). The zero-order chi connectivity index (χ0) is 24.4. The van der Waals surface area contributed by atoms with Gasteiger partial charge in [0, 0.05) is 54.5 Å². The molecule has 1 saturated heterocycles. The van der Waals surface area contributed by atoms with Gasteiger partial charge in [0.2, 0.25) is 0 Å². The van der Waals surface area contributed by atoms with Crippen LogP contribution < -0.4 is 4.90 Å². The maximum Gasteiger partial charge on any atom is 0.339 e. The van der Waals surface area contributed by atoms with Crippen molar-refractivity contribution in [2.75, 3.05) is 37.7 Å². The second-order valence-electron chi connectivity index (χ2n) is 8.89. The highest BCUT2D eigenvalue weighted by Crippen LogP contribution is 2.25. The average molecular weight is 460 g/mol. The van der Waals surface area contributed by atoms with Crippen molar-refractivity contribution in [3.63, 3.8) is 0 Å². The molecule has 0 spiro atoms. The van der Waals surface area contributed by atoms with Crippen LogP contribution in [0.2, 0.25) is 0 Å². The molecule has 0 saturated carbocycles. The van der Waals surface area contributed by atoms with Gasteiger partial charge in [-0.15, -0.1) is 0 Å². The van der Waals surface area contributed by atoms with Crippen LogP contribution in [0.5, 0.6) is 0 Å². The molecule has 1 aliphatic rings. The Morgan fingerprint density at radius 2 is 1.59 bits per heavy atom. The second-order valence-corrected chi connectivity index (χ2v) is 8.89. The van der Waals surface area contributed by atoms with Crippen LogP contribution in [-0.2, 0) is 4.74 Å². The van der Waals surface area contributed by atoms with E-state index in [1.54, 1.807) is 6.92 Å². The SMILES string of the molecule is CCOC(=O)c1cc(C)n(-c2ccc(C(=O)N3CCN(c4cccc(C)c4C)CC3)cc2)c1C. The average Bonchev–Trinajstić information content (AvgIpc) is 3.14. The monoisotopic (exact) mass is 459 g/mol. The standard InChI is InChI=1S/C28H33N3O3/c1-6-34-28(33)25-18-20(3)31(22(25)5)24-12-10-23(11-13-24)27(32)30-16-14-29(15-17-30)26-9-7-8-19(2)21(26)4/h7-13,18H,6,14-17H2,1-5H3. The maximum atomic E-state index is 13.2. The number of rotatable bonds is 5. The molecular formula is C28H33N3O3. The molecule has 6 heteroatoms. The highest BCUT2D eigenvalue weighted by atomic mass is 16.5. The highest BCUT2D eigenvalue weighted by molar-refractivity contribution is 5.95. The quantitative estimate of drug-likeness (QED) is 0.512. The van der Waals surface area contributed by atoms with Crippen molar-refractivity contribution in [3.8, 4) is 5.69 Å². The summed E-state index contributed by atoms with van der Waals surface area (Å²) in [6, 6.07) is 15.9. The van der Waals surface area contributed by atoms with Crippen LogP contribution in [0.15, 0.2) is 48.5 Å². The van der Waals surface area contributed by atoms with E-state index in [4.69, 9.17) is 4.74 Å². The molecule has 1 fully saturated rings. The minimum atomic E-state index is -0.311. The number of hydrogen-bond acceptors (Lipinski definition) is 4. The van der Waals surface area contributed by atoms with Gasteiger partial charge in [-0.1, -0.05) is 12.1 Å². The van der Waals surface area contributed by atoms with E-state index in [2.05, 4.69) is 36.9 Å². The predicted octanol–water partition coefficient (Wildman–Crippen LogP) is 4.85. The Labute approximate surface area is 201 Å². The Hall–Kier alpha value is -3.54. The van der Waals surface area contributed by atoms with Crippen molar-refractivity contribution < 1.29 is 14.3 Å². The van der Waals surface area contributed by atoms with Gasteiger partial charge in [0.1, 0.15) is 0 Å². The van der Waals surface area contributed by atoms with E-state index in [9.17, 15) is 9.59 Å². The van der Waals surface area contributed by atoms with Crippen molar-refractivity contribution in [3.05, 3.63) is 82.2 Å². The molecule has 0 radical (unpaired) electrons. The molecule has 1 aliphatic heterocycles. The van der Waals surface area contributed by atoms with Crippen molar-refractivity contribution in [2.24, 2.45) is 0 Å². The van der Waals surface area contributed by atoms with E-state index in [0.717, 1.165) is 30.2 Å². The van der Waals surface area contributed by atoms with E-state index >= 15 is 0 Å². The lowest BCUT2D eigenvalue weighted by Crippen LogP contribution is -2.49. The van der Waals surface area contributed by atoms with E-state index in [1.165, 1.54) is 16.8 Å². The number of benzene rings is 2. The van der Waals surface area contributed by atoms with Crippen LogP contribution in [0.3, 0.4) is 0 Å². The Bertz CT molecular complexity index is 1200. The number of piperazine rings is 1. The number of ether oxygens (including phenoxy) is 1. The van der Waals surface area contributed by atoms with Crippen LogP contribution >= 0.6 is 0 Å². The van der Waals surface area contributed by atoms with Crippen molar-refractivity contribution in [1.82, 2.24) is 9.47 Å². The highest BCUT2D eigenvalue weighted by Gasteiger charge is 2.24. The van der Waals surface area contributed by atoms with Crippen molar-refractivity contribution in [2.45, 2.75) is 34.6 Å². The molecule has 3 aromatic rings. The molecule has 0 aliphatic carbocycles. The van der Waals surface area contributed by atoms with Crippen LogP contribution in [0.25, 0.3) is 5.69 Å². The summed E-state index contributed by atoms with van der Waals surface area (Å²) in [6.07, 6.45) is 0. The lowest BCUT2D eigenvalue weighted by molar-refractivity contribution is 0.0525. The molecule has 0 bridgehead atoms. The topological polar surface area (TPSA) is 54.8 Å². The smallest absolute Gasteiger partial charge is 0.339 e. The fraction of sp³-hybridized carbons (Fsp3) is 0.357. The number of esters is 1. The van der Waals surface area contributed by atoms with Gasteiger partial charge in [-0.05, 0) is 82.1 Å². The van der Waals surface area contributed by atoms with Gasteiger partial charge in [-0.3, -0.25) is 4.79 Å². The summed E-state index contributed by atoms with van der Waals surface area (Å²) in [4.78, 5) is 29.7. The summed E-state index contributed by atoms with van der Waals surface area (Å²) in [5.41, 5.74) is 7.80. The van der Waals surface area contributed by atoms with E-state index < -0.39 is 0 Å². The van der Waals surface area contributed by atoms with Crippen LogP contribution in [0.1, 0.15) is 50.2 Å². The van der Waals surface area contributed by atoms with Gasteiger partial charge in [-0.25, -0.2) is 4.79 Å². The number of hydrogen-bond donors (Lipinski definition) is 0. The molecule has 1 aromatic heterocycles. The van der Waals surface area contributed by atoms with Gasteiger partial charge in [0.25, 0.3) is 5.91 Å². The summed E-state index contributed by atoms with van der Waals surface area (Å²) < 4.78 is 7.19. The zero-order valence-electron chi connectivity index (χ0n) is 20.7. The number of anilines is 1. The molecule has 178 valence electrons. The van der Waals surface area contributed by atoms with Gasteiger partial charge < -0.3 is 19.1 Å². The van der Waals surface area contributed by atoms with Crippen LogP contribution in [0.4, 0.5) is 5.69 Å². The number of amides is 1. The third-order valence-electron chi connectivity index (χ3n) is 6.78. The Morgan fingerprint density at radius 1 is 0.912 bits per heavy atom. The van der Waals surface area contributed by atoms with E-state index in [0.29, 0.717) is 30.8 Å². The number of carbonyl (C=O) groups excluding carboxylic acids is 2. The predicted molar refractivity (Wildman–Crippen MR) is 135 cm³/mol. The fourth-order valence-corrected chi connectivity index (χ4v) is 4.74. The van der Waals surface area contributed by atoms with Crippen LogP contribution in [-0.4, -0.2) is 54.1 Å². The van der Waals surface area contributed by atoms with Gasteiger partial charge in [-0.2, -0.15) is 0 Å². The summed E-state index contributed by atoms with van der Waals surface area (Å²) in [6.45, 7) is 13.4. The normalized spacial score (nSPS) is 13.8. The third kappa shape index (κ3) is 4.45. The summed E-state index contributed by atoms with van der Waals surface area (Å²) in [7, 11) is 0. The molecule has 2 aromatic carbocycles. The molecule has 2 heterocycles. The first kappa shape index (κ1) is 23.6. The lowest BCUT2D eigenvalue weighted by Gasteiger charge is -2.37. The zero-order valence-corrected chi connectivity index (χ0v) is 20.7. The van der Waals surface area contributed by atoms with Gasteiger partial charge in [0.15, 0.2) is 0 Å². The minimum absolute atomic E-state index is 0.0559. The summed E-state index contributed by atoms with van der Waals surface area (Å²) in [5, 5.41) is 0. The largest absolute Gasteiger partial charge is 0.462 e. The molecule has 0 unspecified atom stereocenters. The molecule has 1 amide bonds. The maximum absolute atomic E-state index is 13.2.